The van der Waals surface area contributed by atoms with Crippen LogP contribution in [-0.2, 0) is 0 Å². The van der Waals surface area contributed by atoms with Gasteiger partial charge in [-0.1, -0.05) is 24.8 Å². The SMILES string of the molecule is C=Nc1c(NCC2C=C(C)N(c3cccc(C(=C)N4CCCCC4)c3)C2C)ncc(S)c1C. The molecule has 0 bridgehead atoms. The minimum atomic E-state index is 0.321. The van der Waals surface area contributed by atoms with Gasteiger partial charge in [0.2, 0.25) is 0 Å². The van der Waals surface area contributed by atoms with Gasteiger partial charge in [-0.15, -0.1) is 12.6 Å². The van der Waals surface area contributed by atoms with Gasteiger partial charge in [0.25, 0.3) is 0 Å². The van der Waals surface area contributed by atoms with E-state index < -0.39 is 0 Å². The van der Waals surface area contributed by atoms with Gasteiger partial charge >= 0.3 is 0 Å². The highest BCUT2D eigenvalue weighted by Gasteiger charge is 2.30. The van der Waals surface area contributed by atoms with E-state index in [1.165, 1.54) is 36.2 Å². The number of rotatable bonds is 7. The number of likely N-dealkylation sites (tertiary alicyclic amines) is 1. The van der Waals surface area contributed by atoms with Crippen molar-refractivity contribution in [3.05, 3.63) is 59.9 Å². The van der Waals surface area contributed by atoms with Crippen LogP contribution in [0.5, 0.6) is 0 Å². The highest BCUT2D eigenvalue weighted by molar-refractivity contribution is 7.80. The summed E-state index contributed by atoms with van der Waals surface area (Å²) in [5, 5.41) is 3.50. The highest BCUT2D eigenvalue weighted by atomic mass is 32.1. The number of pyridine rings is 1. The van der Waals surface area contributed by atoms with Gasteiger partial charge in [0.15, 0.2) is 5.82 Å². The molecule has 1 aromatic carbocycles. The Labute approximate surface area is 203 Å². The van der Waals surface area contributed by atoms with Crippen molar-refractivity contribution < 1.29 is 0 Å². The van der Waals surface area contributed by atoms with Gasteiger partial charge in [0.1, 0.15) is 5.69 Å². The summed E-state index contributed by atoms with van der Waals surface area (Å²) < 4.78 is 0. The maximum Gasteiger partial charge on any atom is 0.152 e. The molecule has 4 rings (SSSR count). The Bertz CT molecular complexity index is 1070. The standard InChI is InChI=1S/C27H35N5S/c1-18-14-23(16-29-27-26(28-5)19(2)25(33)17-30-27)21(4)32(18)24-11-9-10-22(15-24)20(3)31-12-7-6-8-13-31/h9-11,14-15,17,21,23,33H,3,5-8,12-13,16H2,1-2,4H3,(H,29,30). The molecule has 0 saturated carbocycles. The first-order chi connectivity index (χ1) is 15.9. The summed E-state index contributed by atoms with van der Waals surface area (Å²) in [6.07, 6.45) is 7.96. The summed E-state index contributed by atoms with van der Waals surface area (Å²) in [6.45, 7) is 17.6. The average molecular weight is 462 g/mol. The fourth-order valence-corrected chi connectivity index (χ4v) is 5.18. The molecular weight excluding hydrogens is 426 g/mol. The number of benzene rings is 1. The highest BCUT2D eigenvalue weighted by Crippen LogP contribution is 2.36. The van der Waals surface area contributed by atoms with Gasteiger partial charge < -0.3 is 15.1 Å². The second-order valence-corrected chi connectivity index (χ2v) is 9.61. The van der Waals surface area contributed by atoms with Crippen LogP contribution in [0.25, 0.3) is 5.70 Å². The van der Waals surface area contributed by atoms with E-state index in [4.69, 9.17) is 0 Å². The van der Waals surface area contributed by atoms with Crippen LogP contribution in [0.2, 0.25) is 0 Å². The molecule has 174 valence electrons. The molecule has 1 saturated heterocycles. The van der Waals surface area contributed by atoms with E-state index in [1.807, 2.05) is 6.92 Å². The summed E-state index contributed by atoms with van der Waals surface area (Å²) in [5.74, 6) is 1.10. The molecule has 1 fully saturated rings. The van der Waals surface area contributed by atoms with Crippen molar-refractivity contribution in [3.63, 3.8) is 0 Å². The van der Waals surface area contributed by atoms with Crippen LogP contribution in [0.3, 0.4) is 0 Å². The molecule has 6 heteroatoms. The third-order valence-corrected chi connectivity index (χ3v) is 7.45. The van der Waals surface area contributed by atoms with Gasteiger partial charge in [-0.3, -0.25) is 4.99 Å². The van der Waals surface area contributed by atoms with Crippen LogP contribution < -0.4 is 10.2 Å². The number of thiol groups is 1. The van der Waals surface area contributed by atoms with Crippen molar-refractivity contribution in [2.24, 2.45) is 10.9 Å². The van der Waals surface area contributed by atoms with Crippen molar-refractivity contribution in [1.82, 2.24) is 9.88 Å². The topological polar surface area (TPSA) is 43.8 Å². The molecular formula is C27H35N5S. The summed E-state index contributed by atoms with van der Waals surface area (Å²) in [4.78, 5) is 14.4. The van der Waals surface area contributed by atoms with E-state index in [2.05, 4.69) is 95.2 Å². The predicted molar refractivity (Wildman–Crippen MR) is 144 cm³/mol. The molecule has 2 aliphatic heterocycles. The molecule has 0 aliphatic carbocycles. The van der Waals surface area contributed by atoms with E-state index in [0.717, 1.165) is 47.3 Å². The molecule has 0 radical (unpaired) electrons. The molecule has 0 spiro atoms. The van der Waals surface area contributed by atoms with Crippen LogP contribution in [0, 0.1) is 12.8 Å². The lowest BCUT2D eigenvalue weighted by Crippen LogP contribution is -2.34. The third-order valence-electron chi connectivity index (χ3n) is 7.00. The molecule has 1 aromatic heterocycles. The molecule has 2 aromatic rings. The van der Waals surface area contributed by atoms with Crippen LogP contribution in [-0.4, -0.2) is 42.3 Å². The minimum Gasteiger partial charge on any atom is -0.372 e. The van der Waals surface area contributed by atoms with E-state index in [-0.39, 0.29) is 0 Å². The Morgan fingerprint density at radius 2 is 2.00 bits per heavy atom. The third kappa shape index (κ3) is 4.81. The second-order valence-electron chi connectivity index (χ2n) is 9.13. The first-order valence-corrected chi connectivity index (χ1v) is 12.3. The quantitative estimate of drug-likeness (QED) is 0.375. The number of anilines is 2. The van der Waals surface area contributed by atoms with Gasteiger partial charge in [0, 0.05) is 59.8 Å². The largest absolute Gasteiger partial charge is 0.372 e. The fourth-order valence-electron chi connectivity index (χ4n) is 5.01. The zero-order valence-electron chi connectivity index (χ0n) is 20.0. The molecule has 3 heterocycles. The molecule has 2 unspecified atom stereocenters. The number of hydrogen-bond donors (Lipinski definition) is 2. The zero-order chi connectivity index (χ0) is 23.5. The lowest BCUT2D eigenvalue weighted by molar-refractivity contribution is 0.326. The lowest BCUT2D eigenvalue weighted by atomic mass is 10.0. The Morgan fingerprint density at radius 3 is 2.73 bits per heavy atom. The van der Waals surface area contributed by atoms with Crippen molar-refractivity contribution in [1.29, 1.82) is 0 Å². The summed E-state index contributed by atoms with van der Waals surface area (Å²) in [7, 11) is 0. The van der Waals surface area contributed by atoms with Crippen molar-refractivity contribution in [3.8, 4) is 0 Å². The van der Waals surface area contributed by atoms with Crippen LogP contribution in [0.15, 0.2) is 58.7 Å². The number of aliphatic imine (C=N–C) groups is 1. The Hall–Kier alpha value is -2.73. The van der Waals surface area contributed by atoms with Crippen molar-refractivity contribution >= 4 is 42.2 Å². The molecule has 1 N–H and O–H groups in total. The Morgan fingerprint density at radius 1 is 1.24 bits per heavy atom. The number of piperidine rings is 1. The maximum atomic E-state index is 4.50. The van der Waals surface area contributed by atoms with E-state index in [0.29, 0.717) is 12.0 Å². The smallest absolute Gasteiger partial charge is 0.152 e. The average Bonchev–Trinajstić information content (AvgIpc) is 3.12. The monoisotopic (exact) mass is 461 g/mol. The zero-order valence-corrected chi connectivity index (χ0v) is 20.9. The normalized spacial score (nSPS) is 20.5. The Balaban J connectivity index is 1.48. The number of hydrogen-bond acceptors (Lipinski definition) is 6. The van der Waals surface area contributed by atoms with Gasteiger partial charge in [-0.2, -0.15) is 0 Å². The van der Waals surface area contributed by atoms with Crippen LogP contribution in [0.4, 0.5) is 17.2 Å². The first kappa shape index (κ1) is 23.4. The lowest BCUT2D eigenvalue weighted by Gasteiger charge is -2.32. The molecule has 0 amide bonds. The summed E-state index contributed by atoms with van der Waals surface area (Å²) in [6, 6.07) is 9.14. The second kappa shape index (κ2) is 10.0. The van der Waals surface area contributed by atoms with Gasteiger partial charge in [-0.25, -0.2) is 4.98 Å². The molecule has 2 aliphatic rings. The first-order valence-electron chi connectivity index (χ1n) is 11.8. The summed E-state index contributed by atoms with van der Waals surface area (Å²) >= 11 is 4.46. The molecule has 5 nitrogen and oxygen atoms in total. The van der Waals surface area contributed by atoms with E-state index in [9.17, 15) is 0 Å². The van der Waals surface area contributed by atoms with Crippen LogP contribution in [0.1, 0.15) is 44.2 Å². The summed E-state index contributed by atoms with van der Waals surface area (Å²) in [5.41, 5.74) is 6.60. The number of nitrogens with zero attached hydrogens (tertiary/aromatic N) is 4. The van der Waals surface area contributed by atoms with Crippen LogP contribution >= 0.6 is 12.6 Å². The van der Waals surface area contributed by atoms with Crippen molar-refractivity contribution in [2.45, 2.75) is 51.0 Å². The minimum absolute atomic E-state index is 0.321. The maximum absolute atomic E-state index is 4.50. The molecule has 2 atom stereocenters. The fraction of sp³-hybridized carbons (Fsp3) is 0.407. The predicted octanol–water partition coefficient (Wildman–Crippen LogP) is 6.31. The number of aromatic nitrogens is 1. The van der Waals surface area contributed by atoms with Crippen molar-refractivity contribution in [2.75, 3.05) is 29.9 Å². The Kier molecular flexibility index (Phi) is 7.13. The molecule has 33 heavy (non-hydrogen) atoms. The number of allylic oxidation sites excluding steroid dienone is 1. The van der Waals surface area contributed by atoms with E-state index in [1.54, 1.807) is 6.20 Å². The van der Waals surface area contributed by atoms with E-state index >= 15 is 0 Å². The van der Waals surface area contributed by atoms with Gasteiger partial charge in [0.05, 0.1) is 0 Å². The number of nitrogens with one attached hydrogen (secondary N) is 1. The van der Waals surface area contributed by atoms with Gasteiger partial charge in [-0.05, 0) is 70.0 Å².